The Balaban J connectivity index is 1.98. The van der Waals surface area contributed by atoms with Gasteiger partial charge in [-0.3, -0.25) is 25.0 Å². The number of carbonyl (C=O) groups excluding carboxylic acids is 1. The molecule has 0 fully saturated rings. The number of nitro benzene ring substituents is 2. The normalized spacial score (nSPS) is 10.6. The molecular weight excluding hydrogens is 328 g/mol. The van der Waals surface area contributed by atoms with Crippen molar-refractivity contribution < 1.29 is 14.6 Å². The summed E-state index contributed by atoms with van der Waals surface area (Å²) in [6.07, 6.45) is 1.33. The fourth-order valence-corrected chi connectivity index (χ4v) is 2.11. The molecule has 1 N–H and O–H groups in total. The van der Waals surface area contributed by atoms with E-state index in [1.54, 1.807) is 13.0 Å². The summed E-state index contributed by atoms with van der Waals surface area (Å²) >= 11 is 0. The van der Waals surface area contributed by atoms with E-state index in [1.807, 2.05) is 0 Å². The largest absolute Gasteiger partial charge is 0.273 e. The predicted octanol–water partition coefficient (Wildman–Crippen LogP) is 2.50. The molecule has 9 heteroatoms. The van der Waals surface area contributed by atoms with E-state index in [1.165, 1.54) is 42.6 Å². The Morgan fingerprint density at radius 3 is 2.40 bits per heavy atom. The number of hydrazone groups is 1. The van der Waals surface area contributed by atoms with Crippen molar-refractivity contribution in [3.05, 3.63) is 79.4 Å². The van der Waals surface area contributed by atoms with Gasteiger partial charge in [0, 0.05) is 29.3 Å². The van der Waals surface area contributed by atoms with E-state index in [4.69, 9.17) is 0 Å². The molecule has 0 spiro atoms. The summed E-state index contributed by atoms with van der Waals surface area (Å²) in [5.74, 6) is -0.409. The Kier molecular flexibility index (Phi) is 5.51. The van der Waals surface area contributed by atoms with Gasteiger partial charge in [-0.15, -0.1) is 0 Å². The van der Waals surface area contributed by atoms with Crippen LogP contribution in [0.5, 0.6) is 0 Å². The van der Waals surface area contributed by atoms with Crippen LogP contribution in [0.15, 0.2) is 47.6 Å². The van der Waals surface area contributed by atoms with Crippen LogP contribution in [0.2, 0.25) is 0 Å². The first-order valence-electron chi connectivity index (χ1n) is 7.17. The van der Waals surface area contributed by atoms with Crippen molar-refractivity contribution in [2.45, 2.75) is 13.3 Å². The average molecular weight is 342 g/mol. The first-order chi connectivity index (χ1) is 11.9. The third kappa shape index (κ3) is 4.67. The molecule has 25 heavy (non-hydrogen) atoms. The van der Waals surface area contributed by atoms with Crippen molar-refractivity contribution >= 4 is 23.5 Å². The molecule has 2 aromatic carbocycles. The maximum Gasteiger partial charge on any atom is 0.272 e. The fraction of sp³-hybridized carbons (Fsp3) is 0.125. The lowest BCUT2D eigenvalue weighted by Gasteiger charge is -2.02. The van der Waals surface area contributed by atoms with E-state index in [2.05, 4.69) is 10.5 Å². The molecule has 2 aromatic rings. The molecule has 0 heterocycles. The van der Waals surface area contributed by atoms with Gasteiger partial charge in [0.25, 0.3) is 11.4 Å². The van der Waals surface area contributed by atoms with Crippen molar-refractivity contribution in [3.63, 3.8) is 0 Å². The molecule has 0 radical (unpaired) electrons. The second-order valence-electron chi connectivity index (χ2n) is 5.14. The van der Waals surface area contributed by atoms with Crippen molar-refractivity contribution in [2.24, 2.45) is 5.10 Å². The monoisotopic (exact) mass is 342 g/mol. The summed E-state index contributed by atoms with van der Waals surface area (Å²) in [7, 11) is 0. The highest BCUT2D eigenvalue weighted by Gasteiger charge is 2.12. The average Bonchev–Trinajstić information content (AvgIpc) is 2.56. The van der Waals surface area contributed by atoms with Gasteiger partial charge in [0.1, 0.15) is 0 Å². The quantitative estimate of drug-likeness (QED) is 0.490. The molecule has 0 bridgehead atoms. The number of hydrogen-bond acceptors (Lipinski definition) is 6. The molecule has 0 unspecified atom stereocenters. The minimum Gasteiger partial charge on any atom is -0.273 e. The third-order valence-electron chi connectivity index (χ3n) is 3.45. The van der Waals surface area contributed by atoms with Crippen LogP contribution in [-0.4, -0.2) is 22.0 Å². The topological polar surface area (TPSA) is 128 Å². The highest BCUT2D eigenvalue weighted by atomic mass is 16.6. The standard InChI is InChI=1S/C16H14N4O5/c1-11-13(3-2-4-15(11)20(24)25)10-17-18-16(21)9-12-5-7-14(8-6-12)19(22)23/h2-8,10H,9H2,1H3,(H,18,21)/b17-10+. The van der Waals surface area contributed by atoms with Gasteiger partial charge in [-0.05, 0) is 12.5 Å². The van der Waals surface area contributed by atoms with Crippen LogP contribution in [0, 0.1) is 27.2 Å². The Labute approximate surface area is 142 Å². The molecule has 9 nitrogen and oxygen atoms in total. The van der Waals surface area contributed by atoms with E-state index in [0.717, 1.165) is 0 Å². The van der Waals surface area contributed by atoms with Gasteiger partial charge in [-0.2, -0.15) is 5.10 Å². The Hall–Kier alpha value is -3.62. The summed E-state index contributed by atoms with van der Waals surface area (Å²) in [4.78, 5) is 32.3. The van der Waals surface area contributed by atoms with Crippen LogP contribution < -0.4 is 5.43 Å². The van der Waals surface area contributed by atoms with Gasteiger partial charge in [0.05, 0.1) is 22.5 Å². The van der Waals surface area contributed by atoms with Crippen molar-refractivity contribution in [3.8, 4) is 0 Å². The Morgan fingerprint density at radius 2 is 1.80 bits per heavy atom. The van der Waals surface area contributed by atoms with Crippen LogP contribution in [-0.2, 0) is 11.2 Å². The first kappa shape index (κ1) is 17.7. The SMILES string of the molecule is Cc1c(/C=N/NC(=O)Cc2ccc([N+](=O)[O-])cc2)cccc1[N+](=O)[O-]. The molecule has 0 aromatic heterocycles. The number of carbonyl (C=O) groups is 1. The number of benzene rings is 2. The number of rotatable bonds is 6. The van der Waals surface area contributed by atoms with Crippen molar-refractivity contribution in [1.82, 2.24) is 5.43 Å². The van der Waals surface area contributed by atoms with Crippen molar-refractivity contribution in [1.29, 1.82) is 0 Å². The number of nitrogens with zero attached hydrogens (tertiary/aromatic N) is 3. The highest BCUT2D eigenvalue weighted by molar-refractivity contribution is 5.85. The van der Waals surface area contributed by atoms with Crippen molar-refractivity contribution in [2.75, 3.05) is 0 Å². The minimum absolute atomic E-state index is 0.00323. The predicted molar refractivity (Wildman–Crippen MR) is 90.4 cm³/mol. The van der Waals surface area contributed by atoms with Crippen LogP contribution in [0.1, 0.15) is 16.7 Å². The zero-order valence-corrected chi connectivity index (χ0v) is 13.2. The molecule has 0 atom stereocenters. The summed E-state index contributed by atoms with van der Waals surface area (Å²) in [6, 6.07) is 10.2. The van der Waals surface area contributed by atoms with Crippen LogP contribution in [0.4, 0.5) is 11.4 Å². The number of nitrogens with one attached hydrogen (secondary N) is 1. The molecular formula is C16H14N4O5. The van der Waals surface area contributed by atoms with Gasteiger partial charge < -0.3 is 0 Å². The molecule has 0 aliphatic carbocycles. The summed E-state index contributed by atoms with van der Waals surface area (Å²) in [5.41, 5.74) is 3.81. The summed E-state index contributed by atoms with van der Waals surface area (Å²) in [6.45, 7) is 1.60. The van der Waals surface area contributed by atoms with Gasteiger partial charge in [-0.25, -0.2) is 5.43 Å². The lowest BCUT2D eigenvalue weighted by atomic mass is 10.1. The maximum absolute atomic E-state index is 11.8. The second kappa shape index (κ2) is 7.77. The first-order valence-corrected chi connectivity index (χ1v) is 7.17. The lowest BCUT2D eigenvalue weighted by Crippen LogP contribution is -2.19. The smallest absolute Gasteiger partial charge is 0.272 e. The molecule has 0 aliphatic heterocycles. The number of non-ortho nitro benzene ring substituents is 1. The summed E-state index contributed by atoms with van der Waals surface area (Å²) < 4.78 is 0. The lowest BCUT2D eigenvalue weighted by molar-refractivity contribution is -0.385. The molecule has 0 saturated carbocycles. The zero-order chi connectivity index (χ0) is 18.4. The number of amides is 1. The minimum atomic E-state index is -0.518. The van der Waals surface area contributed by atoms with Gasteiger partial charge in [0.2, 0.25) is 5.91 Å². The molecule has 0 saturated heterocycles. The van der Waals surface area contributed by atoms with E-state index >= 15 is 0 Å². The number of nitro groups is 2. The van der Waals surface area contributed by atoms with Crippen LogP contribution in [0.25, 0.3) is 0 Å². The van der Waals surface area contributed by atoms with E-state index in [9.17, 15) is 25.0 Å². The number of hydrogen-bond donors (Lipinski definition) is 1. The third-order valence-corrected chi connectivity index (χ3v) is 3.45. The molecule has 128 valence electrons. The molecule has 1 amide bonds. The van der Waals surface area contributed by atoms with Crippen LogP contribution in [0.3, 0.4) is 0 Å². The Morgan fingerprint density at radius 1 is 1.12 bits per heavy atom. The zero-order valence-electron chi connectivity index (χ0n) is 13.2. The van der Waals surface area contributed by atoms with E-state index in [0.29, 0.717) is 16.7 Å². The van der Waals surface area contributed by atoms with Gasteiger partial charge >= 0.3 is 0 Å². The summed E-state index contributed by atoms with van der Waals surface area (Å²) in [5, 5.41) is 25.2. The van der Waals surface area contributed by atoms with Gasteiger partial charge in [0.15, 0.2) is 0 Å². The van der Waals surface area contributed by atoms with E-state index < -0.39 is 15.8 Å². The van der Waals surface area contributed by atoms with Crippen LogP contribution >= 0.6 is 0 Å². The maximum atomic E-state index is 11.8. The second-order valence-corrected chi connectivity index (χ2v) is 5.14. The Bertz CT molecular complexity index is 846. The molecule has 2 rings (SSSR count). The molecule has 0 aliphatic rings. The van der Waals surface area contributed by atoms with Gasteiger partial charge in [-0.1, -0.05) is 24.3 Å². The van der Waals surface area contributed by atoms with E-state index in [-0.39, 0.29) is 17.8 Å². The fourth-order valence-electron chi connectivity index (χ4n) is 2.11. The highest BCUT2D eigenvalue weighted by Crippen LogP contribution is 2.19.